The zero-order valence-corrected chi connectivity index (χ0v) is 12.1. The van der Waals surface area contributed by atoms with Crippen LogP contribution in [0.5, 0.6) is 0 Å². The number of nitrogens with zero attached hydrogens (tertiary/aromatic N) is 2. The average Bonchev–Trinajstić information content (AvgIpc) is 2.90. The number of nitrogens with one attached hydrogen (secondary N) is 1. The van der Waals surface area contributed by atoms with E-state index in [0.717, 1.165) is 44.6 Å². The fraction of sp³-hybridized carbons (Fsp3) is 0.600. The van der Waals surface area contributed by atoms with Gasteiger partial charge in [-0.15, -0.1) is 0 Å². The summed E-state index contributed by atoms with van der Waals surface area (Å²) in [6.07, 6.45) is 0.824. The number of rotatable bonds is 2. The number of hydrogen-bond donors (Lipinski definition) is 1. The Morgan fingerprint density at radius 2 is 2.05 bits per heavy atom. The Hall–Kier alpha value is -1.63. The van der Waals surface area contributed by atoms with Crippen molar-refractivity contribution in [1.82, 2.24) is 15.2 Å². The van der Waals surface area contributed by atoms with Gasteiger partial charge in [-0.25, -0.2) is 0 Å². The van der Waals surface area contributed by atoms with Gasteiger partial charge in [0.25, 0.3) is 5.91 Å². The third kappa shape index (κ3) is 3.09. The lowest BCUT2D eigenvalue weighted by Gasteiger charge is -2.32. The van der Waals surface area contributed by atoms with Crippen LogP contribution < -0.4 is 5.32 Å². The quantitative estimate of drug-likeness (QED) is 0.912. The van der Waals surface area contributed by atoms with Crippen LogP contribution in [-0.4, -0.2) is 41.0 Å². The van der Waals surface area contributed by atoms with Crippen molar-refractivity contribution in [3.8, 4) is 0 Å². The first kappa shape index (κ1) is 15.3. The molecule has 1 aromatic rings. The smallest absolute Gasteiger partial charge is 0.348 e. The van der Waals surface area contributed by atoms with E-state index >= 15 is 0 Å². The Bertz CT molecular complexity index is 544. The number of halogens is 3. The van der Waals surface area contributed by atoms with E-state index in [1.165, 1.54) is 12.5 Å². The summed E-state index contributed by atoms with van der Waals surface area (Å²) < 4.78 is 37.4. The van der Waals surface area contributed by atoms with E-state index in [0.29, 0.717) is 6.04 Å². The number of hydrogen-bond acceptors (Lipinski definition) is 3. The van der Waals surface area contributed by atoms with Gasteiger partial charge in [0, 0.05) is 24.8 Å². The van der Waals surface area contributed by atoms with Crippen LogP contribution in [0.25, 0.3) is 0 Å². The van der Waals surface area contributed by atoms with Crippen molar-refractivity contribution >= 4 is 5.91 Å². The highest BCUT2D eigenvalue weighted by atomic mass is 19.4. The highest BCUT2D eigenvalue weighted by Crippen LogP contribution is 2.28. The zero-order chi connectivity index (χ0) is 15.7. The summed E-state index contributed by atoms with van der Waals surface area (Å²) in [5, 5.41) is 2.95. The fourth-order valence-electron chi connectivity index (χ4n) is 3.36. The standard InChI is InChI=1S/C15H18F3N3O/c16-15(17,18)13-5-4-10(9-19-13)14(22)20-11-6-8-21-7-2-1-3-12(11)21/h4-5,9,11-12H,1-3,6-8H2,(H,20,22)/t11-,12+/m1/s1. The molecule has 0 spiro atoms. The van der Waals surface area contributed by atoms with Gasteiger partial charge in [-0.3, -0.25) is 14.7 Å². The summed E-state index contributed by atoms with van der Waals surface area (Å²) >= 11 is 0. The molecule has 0 bridgehead atoms. The van der Waals surface area contributed by atoms with Crippen molar-refractivity contribution in [2.45, 2.75) is 43.9 Å². The molecule has 1 amide bonds. The number of fused-ring (bicyclic) bond motifs is 1. The maximum absolute atomic E-state index is 12.5. The van der Waals surface area contributed by atoms with Crippen molar-refractivity contribution in [2.75, 3.05) is 13.1 Å². The van der Waals surface area contributed by atoms with Crippen LogP contribution in [0.1, 0.15) is 41.7 Å². The summed E-state index contributed by atoms with van der Waals surface area (Å²) in [5.41, 5.74) is -0.814. The van der Waals surface area contributed by atoms with Gasteiger partial charge < -0.3 is 5.32 Å². The maximum atomic E-state index is 12.5. The summed E-state index contributed by atoms with van der Waals surface area (Å²) in [6, 6.07) is 2.46. The van der Waals surface area contributed by atoms with Gasteiger partial charge in [0.2, 0.25) is 0 Å². The van der Waals surface area contributed by atoms with Gasteiger partial charge in [-0.2, -0.15) is 13.2 Å². The number of carbonyl (C=O) groups is 1. The van der Waals surface area contributed by atoms with Crippen LogP contribution in [0.15, 0.2) is 18.3 Å². The highest BCUT2D eigenvalue weighted by Gasteiger charge is 2.36. The Morgan fingerprint density at radius 1 is 1.23 bits per heavy atom. The third-order valence-electron chi connectivity index (χ3n) is 4.49. The Kier molecular flexibility index (Phi) is 4.08. The van der Waals surface area contributed by atoms with Gasteiger partial charge in [0.15, 0.2) is 0 Å². The Balaban J connectivity index is 1.64. The first-order chi connectivity index (χ1) is 10.4. The number of alkyl halides is 3. The van der Waals surface area contributed by atoms with Crippen molar-refractivity contribution in [3.63, 3.8) is 0 Å². The van der Waals surface area contributed by atoms with Crippen molar-refractivity contribution in [3.05, 3.63) is 29.6 Å². The molecule has 2 aliphatic heterocycles. The molecular formula is C15H18F3N3O. The number of piperidine rings is 1. The molecule has 4 nitrogen and oxygen atoms in total. The molecule has 1 aromatic heterocycles. The lowest BCUT2D eigenvalue weighted by Crippen LogP contribution is -2.46. The van der Waals surface area contributed by atoms with Crippen molar-refractivity contribution < 1.29 is 18.0 Å². The molecule has 2 fully saturated rings. The van der Waals surface area contributed by atoms with E-state index in [2.05, 4.69) is 15.2 Å². The molecule has 2 atom stereocenters. The predicted molar refractivity (Wildman–Crippen MR) is 74.3 cm³/mol. The average molecular weight is 313 g/mol. The number of amides is 1. The first-order valence-corrected chi connectivity index (χ1v) is 7.53. The molecule has 2 saturated heterocycles. The van der Waals surface area contributed by atoms with Gasteiger partial charge in [-0.05, 0) is 37.9 Å². The van der Waals surface area contributed by atoms with Gasteiger partial charge >= 0.3 is 6.18 Å². The van der Waals surface area contributed by atoms with Crippen molar-refractivity contribution in [1.29, 1.82) is 0 Å². The minimum Gasteiger partial charge on any atom is -0.348 e. The van der Waals surface area contributed by atoms with Crippen molar-refractivity contribution in [2.24, 2.45) is 0 Å². The van der Waals surface area contributed by atoms with Gasteiger partial charge in [0.1, 0.15) is 5.69 Å². The molecule has 3 heterocycles. The molecular weight excluding hydrogens is 295 g/mol. The largest absolute Gasteiger partial charge is 0.433 e. The van der Waals surface area contributed by atoms with Crippen LogP contribution >= 0.6 is 0 Å². The normalized spacial score (nSPS) is 25.8. The lowest BCUT2D eigenvalue weighted by atomic mass is 9.99. The first-order valence-electron chi connectivity index (χ1n) is 7.53. The SMILES string of the molecule is O=C(N[C@@H]1CCN2CCCC[C@@H]12)c1ccc(C(F)(F)F)nc1. The van der Waals surface area contributed by atoms with Gasteiger partial charge in [0.05, 0.1) is 5.56 Å². The Labute approximate surface area is 126 Å². The van der Waals surface area contributed by atoms with Crippen LogP contribution in [0.4, 0.5) is 13.2 Å². The Morgan fingerprint density at radius 3 is 2.73 bits per heavy atom. The van der Waals surface area contributed by atoms with E-state index in [-0.39, 0.29) is 17.5 Å². The lowest BCUT2D eigenvalue weighted by molar-refractivity contribution is -0.141. The van der Waals surface area contributed by atoms with E-state index in [1.54, 1.807) is 0 Å². The molecule has 0 saturated carbocycles. The van der Waals surface area contributed by atoms with E-state index in [4.69, 9.17) is 0 Å². The van der Waals surface area contributed by atoms with Crippen LogP contribution in [0.3, 0.4) is 0 Å². The molecule has 0 aliphatic carbocycles. The monoisotopic (exact) mass is 313 g/mol. The maximum Gasteiger partial charge on any atom is 0.433 e. The molecule has 120 valence electrons. The molecule has 1 N–H and O–H groups in total. The number of pyridine rings is 1. The summed E-state index contributed by atoms with van der Waals surface area (Å²) in [4.78, 5) is 17.9. The molecule has 7 heteroatoms. The molecule has 0 radical (unpaired) electrons. The molecule has 2 aliphatic rings. The second-order valence-electron chi connectivity index (χ2n) is 5.90. The molecule has 0 unspecified atom stereocenters. The van der Waals surface area contributed by atoms with E-state index in [1.807, 2.05) is 0 Å². The second kappa shape index (κ2) is 5.87. The van der Waals surface area contributed by atoms with Crippen LogP contribution in [0, 0.1) is 0 Å². The minimum absolute atomic E-state index is 0.0788. The highest BCUT2D eigenvalue weighted by molar-refractivity contribution is 5.94. The topological polar surface area (TPSA) is 45.2 Å². The van der Waals surface area contributed by atoms with E-state index in [9.17, 15) is 18.0 Å². The molecule has 0 aromatic carbocycles. The van der Waals surface area contributed by atoms with Gasteiger partial charge in [-0.1, -0.05) is 6.42 Å². The summed E-state index contributed by atoms with van der Waals surface area (Å²) in [5.74, 6) is -0.348. The third-order valence-corrected chi connectivity index (χ3v) is 4.49. The number of carbonyl (C=O) groups excluding carboxylic acids is 1. The second-order valence-corrected chi connectivity index (χ2v) is 5.90. The minimum atomic E-state index is -4.48. The van der Waals surface area contributed by atoms with E-state index < -0.39 is 11.9 Å². The zero-order valence-electron chi connectivity index (χ0n) is 12.1. The fourth-order valence-corrected chi connectivity index (χ4v) is 3.36. The molecule has 3 rings (SSSR count). The van der Waals surface area contributed by atoms with Crippen LogP contribution in [0.2, 0.25) is 0 Å². The number of aromatic nitrogens is 1. The summed E-state index contributed by atoms with van der Waals surface area (Å²) in [7, 11) is 0. The molecule has 22 heavy (non-hydrogen) atoms. The summed E-state index contributed by atoms with van der Waals surface area (Å²) in [6.45, 7) is 2.04. The predicted octanol–water partition coefficient (Wildman–Crippen LogP) is 2.46. The van der Waals surface area contributed by atoms with Crippen LogP contribution in [-0.2, 0) is 6.18 Å².